The van der Waals surface area contributed by atoms with E-state index in [1.54, 1.807) is 6.92 Å². The lowest BCUT2D eigenvalue weighted by Crippen LogP contribution is -2.34. The Morgan fingerprint density at radius 2 is 2.18 bits per heavy atom. The molecule has 1 aliphatic heterocycles. The summed E-state index contributed by atoms with van der Waals surface area (Å²) in [4.78, 5) is 23.1. The zero-order valence-corrected chi connectivity index (χ0v) is 11.8. The van der Waals surface area contributed by atoms with Gasteiger partial charge in [-0.05, 0) is 31.2 Å². The highest BCUT2D eigenvalue weighted by Gasteiger charge is 2.23. The van der Waals surface area contributed by atoms with Crippen LogP contribution in [0, 0.1) is 0 Å². The van der Waals surface area contributed by atoms with Gasteiger partial charge in [0.15, 0.2) is 6.10 Å². The third-order valence-electron chi connectivity index (χ3n) is 3.53. The number of aromatic nitrogens is 3. The Balaban J connectivity index is 1.68. The molecule has 0 saturated heterocycles. The number of rotatable bonds is 2. The molecular weight excluding hydrogens is 282 g/mol. The maximum absolute atomic E-state index is 11.7. The van der Waals surface area contributed by atoms with Crippen LogP contribution in [-0.2, 0) is 4.79 Å². The van der Waals surface area contributed by atoms with Crippen LogP contribution in [0.15, 0.2) is 36.8 Å². The number of ether oxygens (including phenoxy) is 1. The molecule has 3 aromatic rings. The Morgan fingerprint density at radius 1 is 1.27 bits per heavy atom. The molecule has 22 heavy (non-hydrogen) atoms. The van der Waals surface area contributed by atoms with E-state index in [2.05, 4.69) is 25.6 Å². The van der Waals surface area contributed by atoms with E-state index in [0.717, 1.165) is 16.7 Å². The average molecular weight is 295 g/mol. The van der Waals surface area contributed by atoms with Crippen molar-refractivity contribution in [3.05, 3.63) is 36.8 Å². The molecule has 0 saturated carbocycles. The summed E-state index contributed by atoms with van der Waals surface area (Å²) in [6, 6.07) is 7.43. The van der Waals surface area contributed by atoms with Crippen molar-refractivity contribution >= 4 is 34.1 Å². The molecule has 0 radical (unpaired) electrons. The van der Waals surface area contributed by atoms with Gasteiger partial charge >= 0.3 is 0 Å². The molecule has 4 rings (SSSR count). The van der Waals surface area contributed by atoms with Crippen molar-refractivity contribution in [3.8, 4) is 5.75 Å². The molecule has 1 aromatic carbocycles. The number of hydrogen-bond acceptors (Lipinski definition) is 5. The summed E-state index contributed by atoms with van der Waals surface area (Å²) in [6.07, 6.45) is 2.83. The predicted molar refractivity (Wildman–Crippen MR) is 82.3 cm³/mol. The van der Waals surface area contributed by atoms with Crippen LogP contribution in [-0.4, -0.2) is 27.0 Å². The molecule has 110 valence electrons. The molecule has 1 aliphatic rings. The number of hydrogen-bond donors (Lipinski definition) is 3. The molecule has 7 nitrogen and oxygen atoms in total. The van der Waals surface area contributed by atoms with Crippen LogP contribution in [0.3, 0.4) is 0 Å². The first-order valence-corrected chi connectivity index (χ1v) is 6.87. The summed E-state index contributed by atoms with van der Waals surface area (Å²) in [7, 11) is 0. The lowest BCUT2D eigenvalue weighted by molar-refractivity contribution is -0.122. The topological polar surface area (TPSA) is 91.9 Å². The van der Waals surface area contributed by atoms with Crippen LogP contribution < -0.4 is 15.4 Å². The van der Waals surface area contributed by atoms with E-state index in [1.165, 1.54) is 6.33 Å². The molecule has 0 bridgehead atoms. The van der Waals surface area contributed by atoms with Crippen molar-refractivity contribution in [2.24, 2.45) is 0 Å². The minimum atomic E-state index is -0.479. The van der Waals surface area contributed by atoms with Crippen LogP contribution in [0.5, 0.6) is 5.75 Å². The van der Waals surface area contributed by atoms with Gasteiger partial charge in [0.2, 0.25) is 0 Å². The fourth-order valence-corrected chi connectivity index (χ4v) is 2.40. The summed E-state index contributed by atoms with van der Waals surface area (Å²) in [5.74, 6) is 1.20. The van der Waals surface area contributed by atoms with E-state index in [4.69, 9.17) is 4.74 Å². The Labute approximate surface area is 125 Å². The monoisotopic (exact) mass is 295 g/mol. The fourth-order valence-electron chi connectivity index (χ4n) is 2.40. The second-order valence-corrected chi connectivity index (χ2v) is 5.05. The average Bonchev–Trinajstić information content (AvgIpc) is 2.98. The number of carbonyl (C=O) groups excluding carboxylic acids is 1. The molecule has 0 aliphatic carbocycles. The number of carbonyl (C=O) groups is 1. The second-order valence-electron chi connectivity index (χ2n) is 5.05. The first-order valence-electron chi connectivity index (χ1n) is 6.87. The zero-order chi connectivity index (χ0) is 15.1. The number of H-pyrrole nitrogens is 1. The van der Waals surface area contributed by atoms with Gasteiger partial charge in [0, 0.05) is 11.9 Å². The van der Waals surface area contributed by atoms with Gasteiger partial charge in [-0.25, -0.2) is 9.97 Å². The summed E-state index contributed by atoms with van der Waals surface area (Å²) in [5, 5.41) is 6.95. The smallest absolute Gasteiger partial charge is 0.265 e. The van der Waals surface area contributed by atoms with Crippen molar-refractivity contribution < 1.29 is 9.53 Å². The quantitative estimate of drug-likeness (QED) is 0.675. The van der Waals surface area contributed by atoms with E-state index in [-0.39, 0.29) is 5.91 Å². The van der Waals surface area contributed by atoms with Gasteiger partial charge in [-0.1, -0.05) is 0 Å². The van der Waals surface area contributed by atoms with Crippen LogP contribution in [0.1, 0.15) is 6.92 Å². The van der Waals surface area contributed by atoms with Gasteiger partial charge in [-0.3, -0.25) is 4.79 Å². The lowest BCUT2D eigenvalue weighted by atomic mass is 10.2. The molecule has 7 heteroatoms. The van der Waals surface area contributed by atoms with E-state index in [9.17, 15) is 4.79 Å². The SMILES string of the molecule is CC1Oc2ccc(Nc3ncnc4[nH]ccc34)cc2NC1=O. The number of nitrogens with one attached hydrogen (secondary N) is 3. The number of fused-ring (bicyclic) bond motifs is 2. The highest BCUT2D eigenvalue weighted by Crippen LogP contribution is 2.33. The Hall–Kier alpha value is -3.09. The van der Waals surface area contributed by atoms with E-state index in [0.29, 0.717) is 17.3 Å². The zero-order valence-electron chi connectivity index (χ0n) is 11.8. The summed E-state index contributed by atoms with van der Waals surface area (Å²) < 4.78 is 5.54. The summed E-state index contributed by atoms with van der Waals surface area (Å²) in [5.41, 5.74) is 2.21. The minimum absolute atomic E-state index is 0.153. The van der Waals surface area contributed by atoms with Crippen molar-refractivity contribution in [2.75, 3.05) is 10.6 Å². The molecule has 2 aromatic heterocycles. The molecule has 3 N–H and O–H groups in total. The van der Waals surface area contributed by atoms with Gasteiger partial charge in [0.1, 0.15) is 23.5 Å². The lowest BCUT2D eigenvalue weighted by Gasteiger charge is -2.23. The summed E-state index contributed by atoms with van der Waals surface area (Å²) in [6.45, 7) is 1.72. The van der Waals surface area contributed by atoms with Crippen LogP contribution in [0.25, 0.3) is 11.0 Å². The number of nitrogens with zero attached hydrogens (tertiary/aromatic N) is 2. The number of benzene rings is 1. The highest BCUT2D eigenvalue weighted by molar-refractivity contribution is 5.98. The van der Waals surface area contributed by atoms with Gasteiger partial charge in [0.05, 0.1) is 11.1 Å². The van der Waals surface area contributed by atoms with Gasteiger partial charge in [-0.2, -0.15) is 0 Å². The van der Waals surface area contributed by atoms with Crippen molar-refractivity contribution in [3.63, 3.8) is 0 Å². The highest BCUT2D eigenvalue weighted by atomic mass is 16.5. The Kier molecular flexibility index (Phi) is 2.72. The fraction of sp³-hybridized carbons (Fsp3) is 0.133. The van der Waals surface area contributed by atoms with Gasteiger partial charge < -0.3 is 20.4 Å². The Morgan fingerprint density at radius 3 is 3.09 bits per heavy atom. The normalized spacial score (nSPS) is 16.8. The maximum Gasteiger partial charge on any atom is 0.265 e. The first-order chi connectivity index (χ1) is 10.7. The number of amides is 1. The molecule has 3 heterocycles. The predicted octanol–water partition coefficient (Wildman–Crippen LogP) is 2.42. The number of aromatic amines is 1. The van der Waals surface area contributed by atoms with Crippen molar-refractivity contribution in [1.82, 2.24) is 15.0 Å². The molecule has 0 spiro atoms. The second kappa shape index (κ2) is 4.73. The number of anilines is 3. The van der Waals surface area contributed by atoms with Crippen LogP contribution >= 0.6 is 0 Å². The van der Waals surface area contributed by atoms with Crippen molar-refractivity contribution in [2.45, 2.75) is 13.0 Å². The summed E-state index contributed by atoms with van der Waals surface area (Å²) >= 11 is 0. The third-order valence-corrected chi connectivity index (χ3v) is 3.53. The van der Waals surface area contributed by atoms with Gasteiger partial charge in [0.25, 0.3) is 5.91 Å². The van der Waals surface area contributed by atoms with Crippen LogP contribution in [0.4, 0.5) is 17.2 Å². The molecule has 1 atom stereocenters. The third kappa shape index (κ3) is 2.03. The molecular formula is C15H13N5O2. The van der Waals surface area contributed by atoms with E-state index in [1.807, 2.05) is 30.5 Å². The Bertz CT molecular complexity index is 873. The van der Waals surface area contributed by atoms with Crippen molar-refractivity contribution in [1.29, 1.82) is 0 Å². The standard InChI is InChI=1S/C15H13N5O2/c1-8-15(21)20-11-6-9(2-3-12(11)22-8)19-14-10-4-5-16-13(10)17-7-18-14/h2-8H,1H3,(H,20,21)(H2,16,17,18,19). The minimum Gasteiger partial charge on any atom is -0.479 e. The molecule has 1 unspecified atom stereocenters. The van der Waals surface area contributed by atoms with E-state index < -0.39 is 6.10 Å². The largest absolute Gasteiger partial charge is 0.479 e. The maximum atomic E-state index is 11.7. The van der Waals surface area contributed by atoms with Crippen LogP contribution in [0.2, 0.25) is 0 Å². The van der Waals surface area contributed by atoms with Gasteiger partial charge in [-0.15, -0.1) is 0 Å². The molecule has 1 amide bonds. The molecule has 0 fully saturated rings. The first kappa shape index (κ1) is 12.6. The van der Waals surface area contributed by atoms with E-state index >= 15 is 0 Å².